The smallest absolute Gasteiger partial charge is 0.270 e. The van der Waals surface area contributed by atoms with Gasteiger partial charge in [0.25, 0.3) is 11.8 Å². The van der Waals surface area contributed by atoms with Gasteiger partial charge in [0, 0.05) is 34.5 Å². The van der Waals surface area contributed by atoms with Crippen molar-refractivity contribution in [3.8, 4) is 11.3 Å². The van der Waals surface area contributed by atoms with Crippen LogP contribution in [-0.4, -0.2) is 51.5 Å². The molecule has 1 atom stereocenters. The SMILES string of the molecule is C=Nc1ccc(CNC(=O)c2cccn3c(C(=O)NC(CO)C4CCCCC4)c(-c4ccsc4)nc23)cc1SCN. The Balaban J connectivity index is 1.44. The van der Waals surface area contributed by atoms with Gasteiger partial charge in [-0.25, -0.2) is 4.98 Å². The lowest BCUT2D eigenvalue weighted by molar-refractivity contribution is 0.0864. The maximum atomic E-state index is 13.8. The summed E-state index contributed by atoms with van der Waals surface area (Å²) >= 11 is 2.97. The van der Waals surface area contributed by atoms with Crippen LogP contribution in [0.3, 0.4) is 0 Å². The molecule has 5 rings (SSSR count). The molecule has 11 heteroatoms. The number of nitrogens with one attached hydrogen (secondary N) is 2. The molecule has 0 aliphatic heterocycles. The molecule has 1 saturated carbocycles. The summed E-state index contributed by atoms with van der Waals surface area (Å²) in [6.07, 6.45) is 7.12. The summed E-state index contributed by atoms with van der Waals surface area (Å²) in [6.45, 7) is 3.78. The quantitative estimate of drug-likeness (QED) is 0.110. The van der Waals surface area contributed by atoms with E-state index < -0.39 is 0 Å². The van der Waals surface area contributed by atoms with Gasteiger partial charge in [-0.3, -0.25) is 19.0 Å². The number of carbonyl (C=O) groups is 2. The molecule has 1 aliphatic rings. The van der Waals surface area contributed by atoms with E-state index in [4.69, 9.17) is 10.7 Å². The van der Waals surface area contributed by atoms with Crippen molar-refractivity contribution in [3.05, 3.63) is 70.2 Å². The standard InChI is InChI=1S/C30H34N6O3S2/c1-32-23-10-9-19(14-25(23)41-18-31)15-33-29(38)22-8-5-12-36-27(26(35-28(22)36)21-11-13-40-17-21)30(39)34-24(16-37)20-6-3-2-4-7-20/h5,8-14,17,20,24,37H,1-4,6-7,15-16,18,31H2,(H,33,38)(H,34,39). The molecule has 214 valence electrons. The number of nitrogens with two attached hydrogens (primary N) is 1. The van der Waals surface area contributed by atoms with Crippen molar-refractivity contribution >= 4 is 53.0 Å². The van der Waals surface area contributed by atoms with Crippen molar-refractivity contribution in [1.29, 1.82) is 0 Å². The predicted molar refractivity (Wildman–Crippen MR) is 165 cm³/mol. The van der Waals surface area contributed by atoms with Gasteiger partial charge in [0.15, 0.2) is 5.65 Å². The number of aromatic nitrogens is 2. The van der Waals surface area contributed by atoms with Gasteiger partial charge in [0.1, 0.15) is 11.4 Å². The van der Waals surface area contributed by atoms with Crippen LogP contribution in [0.5, 0.6) is 0 Å². The van der Waals surface area contributed by atoms with Gasteiger partial charge in [-0.2, -0.15) is 11.3 Å². The highest BCUT2D eigenvalue weighted by Gasteiger charge is 2.29. The molecule has 0 bridgehead atoms. The second-order valence-corrected chi connectivity index (χ2v) is 11.9. The van der Waals surface area contributed by atoms with Gasteiger partial charge in [0.2, 0.25) is 0 Å². The number of hydrogen-bond acceptors (Lipinski definition) is 8. The zero-order valence-corrected chi connectivity index (χ0v) is 24.3. The minimum Gasteiger partial charge on any atom is -0.394 e. The number of benzene rings is 1. The largest absolute Gasteiger partial charge is 0.394 e. The number of carbonyl (C=O) groups excluding carboxylic acids is 2. The van der Waals surface area contributed by atoms with Crippen LogP contribution in [0.15, 0.2) is 63.2 Å². The molecule has 0 spiro atoms. The highest BCUT2D eigenvalue weighted by molar-refractivity contribution is 7.99. The van der Waals surface area contributed by atoms with Crippen LogP contribution in [-0.2, 0) is 6.54 Å². The van der Waals surface area contributed by atoms with E-state index in [-0.39, 0.29) is 30.4 Å². The minimum atomic E-state index is -0.333. The third kappa shape index (κ3) is 6.38. The molecular formula is C30H34N6O3S2. The number of thiophene rings is 1. The van der Waals surface area contributed by atoms with Crippen LogP contribution in [0.2, 0.25) is 0 Å². The predicted octanol–water partition coefficient (Wildman–Crippen LogP) is 5.00. The molecule has 3 aromatic heterocycles. The number of thioether (sulfide) groups is 1. The van der Waals surface area contributed by atoms with E-state index in [9.17, 15) is 14.7 Å². The number of hydrogen-bond donors (Lipinski definition) is 4. The van der Waals surface area contributed by atoms with Crippen molar-refractivity contribution in [1.82, 2.24) is 20.0 Å². The number of pyridine rings is 1. The van der Waals surface area contributed by atoms with Crippen LogP contribution in [0.1, 0.15) is 58.5 Å². The van der Waals surface area contributed by atoms with Crippen LogP contribution < -0.4 is 16.4 Å². The van der Waals surface area contributed by atoms with Crippen molar-refractivity contribution < 1.29 is 14.7 Å². The third-order valence-electron chi connectivity index (χ3n) is 7.52. The minimum absolute atomic E-state index is 0.121. The number of aliphatic hydroxyl groups excluding tert-OH is 1. The Bertz CT molecular complexity index is 1530. The zero-order chi connectivity index (χ0) is 28.8. The average molecular weight is 591 g/mol. The summed E-state index contributed by atoms with van der Waals surface area (Å²) < 4.78 is 1.67. The first-order valence-electron chi connectivity index (χ1n) is 13.7. The topological polar surface area (TPSA) is 134 Å². The third-order valence-corrected chi connectivity index (χ3v) is 9.01. The second-order valence-electron chi connectivity index (χ2n) is 10.1. The Labute approximate surface area is 247 Å². The number of aliphatic hydroxyl groups is 1. The summed E-state index contributed by atoms with van der Waals surface area (Å²) in [4.78, 5) is 36.9. The molecule has 4 aromatic rings. The van der Waals surface area contributed by atoms with Crippen molar-refractivity contribution in [2.75, 3.05) is 12.5 Å². The van der Waals surface area contributed by atoms with Gasteiger partial charge >= 0.3 is 0 Å². The van der Waals surface area contributed by atoms with E-state index >= 15 is 0 Å². The maximum absolute atomic E-state index is 13.8. The lowest BCUT2D eigenvalue weighted by Crippen LogP contribution is -2.44. The van der Waals surface area contributed by atoms with Gasteiger partial charge in [-0.1, -0.05) is 25.3 Å². The van der Waals surface area contributed by atoms with Crippen LogP contribution in [0, 0.1) is 5.92 Å². The summed E-state index contributed by atoms with van der Waals surface area (Å²) in [5, 5.41) is 20.1. The van der Waals surface area contributed by atoms with E-state index in [0.717, 1.165) is 47.4 Å². The van der Waals surface area contributed by atoms with Crippen LogP contribution in [0.25, 0.3) is 16.9 Å². The summed E-state index contributed by atoms with van der Waals surface area (Å²) in [7, 11) is 0. The first-order valence-corrected chi connectivity index (χ1v) is 15.6. The first-order chi connectivity index (χ1) is 20.0. The summed E-state index contributed by atoms with van der Waals surface area (Å²) in [5.74, 6) is 0.0194. The van der Waals surface area contributed by atoms with E-state index in [1.54, 1.807) is 22.7 Å². The zero-order valence-electron chi connectivity index (χ0n) is 22.7. The fourth-order valence-corrected chi connectivity index (χ4v) is 6.77. The fourth-order valence-electron chi connectivity index (χ4n) is 5.43. The molecule has 0 radical (unpaired) electrons. The Kier molecular flexibility index (Phi) is 9.50. The van der Waals surface area contributed by atoms with E-state index in [2.05, 4.69) is 22.3 Å². The molecule has 1 aromatic carbocycles. The number of fused-ring (bicyclic) bond motifs is 1. The van der Waals surface area contributed by atoms with Gasteiger partial charge in [-0.05, 0) is 66.8 Å². The molecule has 0 saturated heterocycles. The molecule has 5 N–H and O–H groups in total. The molecule has 1 fully saturated rings. The lowest BCUT2D eigenvalue weighted by atomic mass is 9.84. The molecular weight excluding hydrogens is 557 g/mol. The Morgan fingerprint density at radius 3 is 2.76 bits per heavy atom. The van der Waals surface area contributed by atoms with Gasteiger partial charge in [0.05, 0.1) is 23.9 Å². The lowest BCUT2D eigenvalue weighted by Gasteiger charge is -2.29. The molecule has 41 heavy (non-hydrogen) atoms. The van der Waals surface area contributed by atoms with Gasteiger partial charge < -0.3 is 21.5 Å². The number of amides is 2. The second kappa shape index (κ2) is 13.4. The number of aliphatic imine (C=N–C) groups is 1. The summed E-state index contributed by atoms with van der Waals surface area (Å²) in [6, 6.07) is 10.7. The van der Waals surface area contributed by atoms with E-state index in [0.29, 0.717) is 35.0 Å². The summed E-state index contributed by atoms with van der Waals surface area (Å²) in [5.41, 5.74) is 9.74. The van der Waals surface area contributed by atoms with E-state index in [1.165, 1.54) is 29.5 Å². The van der Waals surface area contributed by atoms with Crippen molar-refractivity contribution in [3.63, 3.8) is 0 Å². The highest BCUT2D eigenvalue weighted by atomic mass is 32.2. The van der Waals surface area contributed by atoms with Gasteiger partial charge in [-0.15, -0.1) is 11.8 Å². The fraction of sp³-hybridized carbons (Fsp3) is 0.333. The van der Waals surface area contributed by atoms with Crippen molar-refractivity contribution in [2.24, 2.45) is 16.6 Å². The highest BCUT2D eigenvalue weighted by Crippen LogP contribution is 2.31. The maximum Gasteiger partial charge on any atom is 0.270 e. The molecule has 3 heterocycles. The Morgan fingerprint density at radius 2 is 2.05 bits per heavy atom. The van der Waals surface area contributed by atoms with Crippen LogP contribution in [0.4, 0.5) is 5.69 Å². The Hall–Kier alpha value is -3.51. The number of rotatable bonds is 11. The first kappa shape index (κ1) is 29.0. The normalized spacial score (nSPS) is 14.6. The molecule has 1 aliphatic carbocycles. The monoisotopic (exact) mass is 590 g/mol. The van der Waals surface area contributed by atoms with E-state index in [1.807, 2.05) is 35.0 Å². The number of imidazole rings is 1. The van der Waals surface area contributed by atoms with Crippen molar-refractivity contribution in [2.45, 2.75) is 49.6 Å². The number of nitrogens with zero attached hydrogens (tertiary/aromatic N) is 3. The molecule has 1 unspecified atom stereocenters. The van der Waals surface area contributed by atoms with Crippen LogP contribution >= 0.6 is 23.1 Å². The average Bonchev–Trinajstić information content (AvgIpc) is 3.67. The molecule has 9 nitrogen and oxygen atoms in total. The Morgan fingerprint density at radius 1 is 1.22 bits per heavy atom. The molecule has 2 amide bonds.